The molecular weight excluding hydrogens is 386 g/mol. The summed E-state index contributed by atoms with van der Waals surface area (Å²) in [6.07, 6.45) is 4.79. The van der Waals surface area contributed by atoms with Gasteiger partial charge in [0.1, 0.15) is 16.7 Å². The quantitative estimate of drug-likeness (QED) is 0.603. The summed E-state index contributed by atoms with van der Waals surface area (Å²) in [6.45, 7) is 12.1. The van der Waals surface area contributed by atoms with Crippen LogP contribution in [-0.4, -0.2) is 39.6 Å². The predicted octanol–water partition coefficient (Wildman–Crippen LogP) is 4.08. The smallest absolute Gasteiger partial charge is 0.329 e. The predicted molar refractivity (Wildman–Crippen MR) is 118 cm³/mol. The third-order valence-electron chi connectivity index (χ3n) is 5.97. The number of thiophene rings is 1. The van der Waals surface area contributed by atoms with E-state index in [-0.39, 0.29) is 17.6 Å². The lowest BCUT2D eigenvalue weighted by Crippen LogP contribution is -2.36. The summed E-state index contributed by atoms with van der Waals surface area (Å²) in [4.78, 5) is 35.7. The highest BCUT2D eigenvalue weighted by Crippen LogP contribution is 2.34. The number of ether oxygens (including phenoxy) is 1. The largest absolute Gasteiger partial charge is 0.461 e. The SMILES string of the molecule is CCC(C)OC(=O)C(C)n1c(CN(CC)CC)nc2sc3c(c2c1=O)CCCC3. The first-order chi connectivity index (χ1) is 13.9. The number of fused-ring (bicyclic) bond motifs is 3. The van der Waals surface area contributed by atoms with Crippen molar-refractivity contribution in [3.63, 3.8) is 0 Å². The molecule has 2 aromatic rings. The van der Waals surface area contributed by atoms with Crippen LogP contribution in [0.1, 0.15) is 76.2 Å². The molecule has 0 spiro atoms. The van der Waals surface area contributed by atoms with Gasteiger partial charge in [-0.25, -0.2) is 9.78 Å². The molecule has 2 unspecified atom stereocenters. The summed E-state index contributed by atoms with van der Waals surface area (Å²) in [5, 5.41) is 0.719. The van der Waals surface area contributed by atoms with Gasteiger partial charge in [-0.15, -0.1) is 11.3 Å². The Morgan fingerprint density at radius 1 is 1.21 bits per heavy atom. The Morgan fingerprint density at radius 2 is 1.90 bits per heavy atom. The van der Waals surface area contributed by atoms with Gasteiger partial charge < -0.3 is 4.74 Å². The zero-order chi connectivity index (χ0) is 21.1. The first kappa shape index (κ1) is 22.0. The maximum absolute atomic E-state index is 13.6. The summed E-state index contributed by atoms with van der Waals surface area (Å²) in [5.74, 6) is 0.283. The van der Waals surface area contributed by atoms with Crippen LogP contribution in [0.3, 0.4) is 0 Å². The molecule has 0 saturated carbocycles. The van der Waals surface area contributed by atoms with Crippen molar-refractivity contribution in [2.75, 3.05) is 13.1 Å². The number of rotatable bonds is 8. The van der Waals surface area contributed by atoms with E-state index in [2.05, 4.69) is 18.7 Å². The minimum Gasteiger partial charge on any atom is -0.461 e. The number of aryl methyl sites for hydroxylation is 2. The molecule has 0 bridgehead atoms. The van der Waals surface area contributed by atoms with Crippen LogP contribution in [-0.2, 0) is 28.9 Å². The summed E-state index contributed by atoms with van der Waals surface area (Å²) < 4.78 is 7.14. The van der Waals surface area contributed by atoms with Crippen LogP contribution in [0.15, 0.2) is 4.79 Å². The average molecular weight is 420 g/mol. The van der Waals surface area contributed by atoms with E-state index in [1.807, 2.05) is 13.8 Å². The fourth-order valence-electron chi connectivity index (χ4n) is 3.90. The second kappa shape index (κ2) is 9.39. The molecule has 3 rings (SSSR count). The van der Waals surface area contributed by atoms with Gasteiger partial charge in [0.2, 0.25) is 0 Å². The lowest BCUT2D eigenvalue weighted by Gasteiger charge is -2.24. The number of carbonyl (C=O) groups is 1. The van der Waals surface area contributed by atoms with Crippen molar-refractivity contribution in [3.8, 4) is 0 Å². The molecule has 2 aromatic heterocycles. The van der Waals surface area contributed by atoms with E-state index in [4.69, 9.17) is 9.72 Å². The van der Waals surface area contributed by atoms with Crippen molar-refractivity contribution in [2.45, 2.75) is 85.4 Å². The monoisotopic (exact) mass is 419 g/mol. The Kier molecular flexibility index (Phi) is 7.11. The highest BCUT2D eigenvalue weighted by molar-refractivity contribution is 7.18. The molecule has 160 valence electrons. The average Bonchev–Trinajstić information content (AvgIpc) is 3.09. The zero-order valence-electron chi connectivity index (χ0n) is 18.3. The Hall–Kier alpha value is -1.73. The Balaban J connectivity index is 2.14. The van der Waals surface area contributed by atoms with Crippen LogP contribution in [0.5, 0.6) is 0 Å². The number of aromatic nitrogens is 2. The molecular formula is C22H33N3O3S. The first-order valence-corrected chi connectivity index (χ1v) is 11.7. The van der Waals surface area contributed by atoms with E-state index in [1.165, 1.54) is 4.88 Å². The van der Waals surface area contributed by atoms with E-state index in [0.29, 0.717) is 12.4 Å². The highest BCUT2D eigenvalue weighted by atomic mass is 32.1. The van der Waals surface area contributed by atoms with Gasteiger partial charge in [0.25, 0.3) is 5.56 Å². The summed E-state index contributed by atoms with van der Waals surface area (Å²) in [6, 6.07) is -0.696. The Bertz CT molecular complexity index is 930. The van der Waals surface area contributed by atoms with Crippen molar-refractivity contribution in [2.24, 2.45) is 0 Å². The van der Waals surface area contributed by atoms with Gasteiger partial charge in [-0.05, 0) is 64.6 Å². The molecule has 0 aromatic carbocycles. The summed E-state index contributed by atoms with van der Waals surface area (Å²) in [7, 11) is 0. The molecule has 1 aliphatic carbocycles. The minimum atomic E-state index is -0.696. The second-order valence-electron chi connectivity index (χ2n) is 7.89. The van der Waals surface area contributed by atoms with Gasteiger partial charge in [0.05, 0.1) is 18.0 Å². The standard InChI is InChI=1S/C22H33N3O3S/c1-6-14(4)28-22(27)15(5)25-18(13-24(7-2)8-3)23-20-19(21(25)26)16-11-9-10-12-17(16)29-20/h14-15H,6-13H2,1-5H3. The van der Waals surface area contributed by atoms with Crippen molar-refractivity contribution in [1.29, 1.82) is 0 Å². The molecule has 0 amide bonds. The van der Waals surface area contributed by atoms with Crippen LogP contribution >= 0.6 is 11.3 Å². The lowest BCUT2D eigenvalue weighted by molar-refractivity contribution is -0.152. The van der Waals surface area contributed by atoms with Crippen molar-refractivity contribution in [1.82, 2.24) is 14.5 Å². The van der Waals surface area contributed by atoms with Crippen LogP contribution in [0, 0.1) is 0 Å². The van der Waals surface area contributed by atoms with Gasteiger partial charge in [-0.3, -0.25) is 14.3 Å². The maximum Gasteiger partial charge on any atom is 0.329 e. The van der Waals surface area contributed by atoms with Crippen LogP contribution in [0.4, 0.5) is 0 Å². The third kappa shape index (κ3) is 4.40. The zero-order valence-corrected chi connectivity index (χ0v) is 19.1. The molecule has 7 heteroatoms. The lowest BCUT2D eigenvalue weighted by atomic mass is 9.97. The van der Waals surface area contributed by atoms with Gasteiger partial charge in [0.15, 0.2) is 0 Å². The van der Waals surface area contributed by atoms with E-state index < -0.39 is 6.04 Å². The number of carbonyl (C=O) groups excluding carboxylic acids is 1. The topological polar surface area (TPSA) is 64.4 Å². The highest BCUT2D eigenvalue weighted by Gasteiger charge is 2.28. The number of hydrogen-bond donors (Lipinski definition) is 0. The molecule has 0 N–H and O–H groups in total. The van der Waals surface area contributed by atoms with Crippen molar-refractivity contribution >= 4 is 27.5 Å². The normalized spacial score (nSPS) is 16.1. The van der Waals surface area contributed by atoms with Crippen molar-refractivity contribution in [3.05, 3.63) is 26.6 Å². The third-order valence-corrected chi connectivity index (χ3v) is 7.16. The minimum absolute atomic E-state index is 0.0924. The van der Waals surface area contributed by atoms with Crippen LogP contribution < -0.4 is 5.56 Å². The molecule has 0 saturated heterocycles. The fraction of sp³-hybridized carbons (Fsp3) is 0.682. The summed E-state index contributed by atoms with van der Waals surface area (Å²) >= 11 is 1.65. The first-order valence-electron chi connectivity index (χ1n) is 10.9. The van der Waals surface area contributed by atoms with E-state index in [1.54, 1.807) is 22.8 Å². The Labute approximate surface area is 176 Å². The molecule has 1 aliphatic rings. The van der Waals surface area contributed by atoms with E-state index in [9.17, 15) is 9.59 Å². The maximum atomic E-state index is 13.6. The molecule has 2 heterocycles. The molecule has 6 nitrogen and oxygen atoms in total. The summed E-state index contributed by atoms with van der Waals surface area (Å²) in [5.41, 5.74) is 1.06. The van der Waals surface area contributed by atoms with Crippen molar-refractivity contribution < 1.29 is 9.53 Å². The molecule has 0 radical (unpaired) electrons. The molecule has 0 fully saturated rings. The van der Waals surface area contributed by atoms with Gasteiger partial charge in [-0.1, -0.05) is 20.8 Å². The fourth-order valence-corrected chi connectivity index (χ4v) is 5.17. The van der Waals surface area contributed by atoms with Crippen LogP contribution in [0.25, 0.3) is 10.2 Å². The number of esters is 1. The van der Waals surface area contributed by atoms with Gasteiger partial charge in [-0.2, -0.15) is 0 Å². The van der Waals surface area contributed by atoms with E-state index in [0.717, 1.165) is 61.0 Å². The second-order valence-corrected chi connectivity index (χ2v) is 8.97. The number of nitrogens with zero attached hydrogens (tertiary/aromatic N) is 3. The molecule has 2 atom stereocenters. The van der Waals surface area contributed by atoms with E-state index >= 15 is 0 Å². The van der Waals surface area contributed by atoms with Crippen LogP contribution in [0.2, 0.25) is 0 Å². The number of hydrogen-bond acceptors (Lipinski definition) is 6. The molecule has 0 aliphatic heterocycles. The molecule has 29 heavy (non-hydrogen) atoms. The van der Waals surface area contributed by atoms with Gasteiger partial charge >= 0.3 is 5.97 Å². The van der Waals surface area contributed by atoms with Gasteiger partial charge in [0, 0.05) is 4.88 Å². The Morgan fingerprint density at radius 3 is 2.55 bits per heavy atom.